The number of carbonyl (C=O) groups excluding carboxylic acids is 1. The fourth-order valence-electron chi connectivity index (χ4n) is 3.64. The molecule has 1 N–H and O–H groups in total. The van der Waals surface area contributed by atoms with E-state index in [0.717, 1.165) is 37.4 Å². The van der Waals surface area contributed by atoms with Gasteiger partial charge in [0.15, 0.2) is 0 Å². The second-order valence-electron chi connectivity index (χ2n) is 7.36. The summed E-state index contributed by atoms with van der Waals surface area (Å²) in [5.74, 6) is -0.0422. The van der Waals surface area contributed by atoms with E-state index in [0.29, 0.717) is 17.5 Å². The normalized spacial score (nSPS) is 15.8. The molecule has 5 nitrogen and oxygen atoms in total. The van der Waals surface area contributed by atoms with Crippen molar-refractivity contribution in [2.75, 3.05) is 37.6 Å². The van der Waals surface area contributed by atoms with Crippen molar-refractivity contribution in [3.63, 3.8) is 0 Å². The molecule has 2 aromatic carbocycles. The van der Waals surface area contributed by atoms with Gasteiger partial charge in [-0.05, 0) is 36.7 Å². The van der Waals surface area contributed by atoms with Crippen LogP contribution in [0.5, 0.6) is 0 Å². The highest BCUT2D eigenvalue weighted by atomic mass is 32.1. The largest absolute Gasteiger partial charge is 0.369 e. The van der Waals surface area contributed by atoms with Crippen LogP contribution in [0.3, 0.4) is 0 Å². The quantitative estimate of drug-likeness (QED) is 0.677. The number of benzene rings is 2. The van der Waals surface area contributed by atoms with Crippen LogP contribution in [0.15, 0.2) is 66.7 Å². The number of hydrogen-bond acceptors (Lipinski definition) is 5. The minimum atomic E-state index is -0.0422. The van der Waals surface area contributed by atoms with Crippen LogP contribution in [-0.4, -0.2) is 53.9 Å². The van der Waals surface area contributed by atoms with E-state index in [4.69, 9.17) is 0 Å². The number of carbonyl (C=O) groups is 1. The lowest BCUT2D eigenvalue weighted by Crippen LogP contribution is -2.52. The van der Waals surface area contributed by atoms with Crippen LogP contribution < -0.4 is 10.2 Å². The minimum absolute atomic E-state index is 0.0422. The summed E-state index contributed by atoms with van der Waals surface area (Å²) in [4.78, 5) is 18.1. The van der Waals surface area contributed by atoms with Gasteiger partial charge < -0.3 is 10.2 Å². The summed E-state index contributed by atoms with van der Waals surface area (Å²) in [7, 11) is 0. The van der Waals surface area contributed by atoms with Crippen LogP contribution in [0.2, 0.25) is 0 Å². The Hall–Kier alpha value is -2.70. The molecule has 1 aromatic heterocycles. The molecule has 3 aromatic rings. The summed E-state index contributed by atoms with van der Waals surface area (Å²) in [6.45, 7) is 6.85. The molecule has 0 unspecified atom stereocenters. The van der Waals surface area contributed by atoms with Crippen LogP contribution in [-0.2, 0) is 0 Å². The Bertz CT molecular complexity index is 920. The molecule has 0 bridgehead atoms. The topological polar surface area (TPSA) is 48.5 Å². The molecular weight excluding hydrogens is 380 g/mol. The Morgan fingerprint density at radius 3 is 2.38 bits per heavy atom. The van der Waals surface area contributed by atoms with E-state index in [-0.39, 0.29) is 5.91 Å². The lowest BCUT2D eigenvalue weighted by atomic mass is 10.1. The third kappa shape index (κ3) is 4.83. The number of amides is 1. The van der Waals surface area contributed by atoms with E-state index in [1.165, 1.54) is 17.2 Å². The molecule has 6 heteroatoms. The Morgan fingerprint density at radius 2 is 1.69 bits per heavy atom. The third-order valence-electron chi connectivity index (χ3n) is 5.42. The van der Waals surface area contributed by atoms with Gasteiger partial charge in [0.05, 0.1) is 5.69 Å². The average molecular weight is 407 g/mol. The fraction of sp³-hybridized carbons (Fsp3) is 0.304. The van der Waals surface area contributed by atoms with Crippen LogP contribution in [0.4, 0.5) is 5.69 Å². The van der Waals surface area contributed by atoms with E-state index >= 15 is 0 Å². The summed E-state index contributed by atoms with van der Waals surface area (Å²) in [6, 6.07) is 22.7. The van der Waals surface area contributed by atoms with Gasteiger partial charge in [-0.2, -0.15) is 4.37 Å². The molecule has 1 aliphatic rings. The fourth-order valence-corrected chi connectivity index (χ4v) is 4.32. The van der Waals surface area contributed by atoms with Crippen molar-refractivity contribution in [1.29, 1.82) is 0 Å². The average Bonchev–Trinajstić information content (AvgIpc) is 3.29. The number of piperazine rings is 1. The van der Waals surface area contributed by atoms with Crippen molar-refractivity contribution >= 4 is 23.1 Å². The first-order valence-electron chi connectivity index (χ1n) is 10.0. The molecule has 0 spiro atoms. The maximum Gasteiger partial charge on any atom is 0.263 e. The van der Waals surface area contributed by atoms with Crippen molar-refractivity contribution in [3.8, 4) is 11.3 Å². The zero-order valence-corrected chi connectivity index (χ0v) is 17.4. The van der Waals surface area contributed by atoms with Gasteiger partial charge in [-0.15, -0.1) is 0 Å². The molecule has 2 heterocycles. The highest BCUT2D eigenvalue weighted by Crippen LogP contribution is 2.21. The number of anilines is 1. The maximum atomic E-state index is 12.5. The van der Waals surface area contributed by atoms with Gasteiger partial charge >= 0.3 is 0 Å². The second kappa shape index (κ2) is 9.20. The van der Waals surface area contributed by atoms with Crippen molar-refractivity contribution in [1.82, 2.24) is 14.6 Å². The molecular formula is C23H26N4OS. The highest BCUT2D eigenvalue weighted by Gasteiger charge is 2.22. The minimum Gasteiger partial charge on any atom is -0.369 e. The van der Waals surface area contributed by atoms with Crippen LogP contribution in [0.25, 0.3) is 11.3 Å². The first-order valence-corrected chi connectivity index (χ1v) is 10.8. The highest BCUT2D eigenvalue weighted by molar-refractivity contribution is 7.08. The lowest BCUT2D eigenvalue weighted by Gasteiger charge is -2.39. The molecule has 150 valence electrons. The summed E-state index contributed by atoms with van der Waals surface area (Å²) in [6.07, 6.45) is 0. The number of aromatic nitrogens is 1. The van der Waals surface area contributed by atoms with Crippen molar-refractivity contribution < 1.29 is 4.79 Å². The maximum absolute atomic E-state index is 12.5. The van der Waals surface area contributed by atoms with Crippen molar-refractivity contribution in [3.05, 3.63) is 71.6 Å². The standard InChI is InChI=1S/C23H26N4OS/c1-18(26-12-14-27(15-13-26)20-10-6-3-7-11-20)17-24-23(28)22-16-21(25-29-22)19-8-4-2-5-9-19/h2-11,16,18H,12-15,17H2,1H3,(H,24,28)/t18-/m0/s1. The van der Waals surface area contributed by atoms with E-state index in [2.05, 4.69) is 56.7 Å². The van der Waals surface area contributed by atoms with Gasteiger partial charge in [0.25, 0.3) is 5.91 Å². The molecule has 1 amide bonds. The van der Waals surface area contributed by atoms with E-state index < -0.39 is 0 Å². The molecule has 1 atom stereocenters. The predicted octanol–water partition coefficient (Wildman–Crippen LogP) is 3.75. The second-order valence-corrected chi connectivity index (χ2v) is 8.17. The number of para-hydroxylation sites is 1. The predicted molar refractivity (Wildman–Crippen MR) is 120 cm³/mol. The van der Waals surface area contributed by atoms with E-state index in [1.54, 1.807) is 0 Å². The summed E-state index contributed by atoms with van der Waals surface area (Å²) in [5.41, 5.74) is 3.17. The van der Waals surface area contributed by atoms with Crippen molar-refractivity contribution in [2.45, 2.75) is 13.0 Å². The third-order valence-corrected chi connectivity index (χ3v) is 6.21. The zero-order chi connectivity index (χ0) is 20.1. The van der Waals surface area contributed by atoms with Gasteiger partial charge in [-0.3, -0.25) is 9.69 Å². The number of nitrogens with one attached hydrogen (secondary N) is 1. The molecule has 1 saturated heterocycles. The molecule has 4 rings (SSSR count). The molecule has 1 aliphatic heterocycles. The monoisotopic (exact) mass is 406 g/mol. The van der Waals surface area contributed by atoms with Gasteiger partial charge in [0, 0.05) is 50.0 Å². The number of rotatable bonds is 6. The molecule has 0 saturated carbocycles. The first-order chi connectivity index (χ1) is 14.2. The number of hydrogen-bond donors (Lipinski definition) is 1. The van der Waals surface area contributed by atoms with Gasteiger partial charge in [0.1, 0.15) is 4.88 Å². The number of nitrogens with zero attached hydrogens (tertiary/aromatic N) is 3. The van der Waals surface area contributed by atoms with E-state index in [1.807, 2.05) is 36.4 Å². The van der Waals surface area contributed by atoms with Crippen LogP contribution in [0, 0.1) is 0 Å². The van der Waals surface area contributed by atoms with Gasteiger partial charge in [0.2, 0.25) is 0 Å². The lowest BCUT2D eigenvalue weighted by molar-refractivity contribution is 0.0938. The summed E-state index contributed by atoms with van der Waals surface area (Å²) in [5, 5.41) is 3.08. The molecule has 0 radical (unpaired) electrons. The van der Waals surface area contributed by atoms with E-state index in [9.17, 15) is 4.79 Å². The Labute approximate surface area is 176 Å². The van der Waals surface area contributed by atoms with Crippen LogP contribution in [0.1, 0.15) is 16.6 Å². The Balaban J connectivity index is 1.26. The Morgan fingerprint density at radius 1 is 1.03 bits per heavy atom. The summed E-state index contributed by atoms with van der Waals surface area (Å²) >= 11 is 1.26. The van der Waals surface area contributed by atoms with Crippen LogP contribution >= 0.6 is 11.5 Å². The van der Waals surface area contributed by atoms with Gasteiger partial charge in [-0.1, -0.05) is 48.5 Å². The molecule has 29 heavy (non-hydrogen) atoms. The smallest absolute Gasteiger partial charge is 0.263 e. The molecule has 1 fully saturated rings. The van der Waals surface area contributed by atoms with Crippen molar-refractivity contribution in [2.24, 2.45) is 0 Å². The zero-order valence-electron chi connectivity index (χ0n) is 16.6. The van der Waals surface area contributed by atoms with Gasteiger partial charge in [-0.25, -0.2) is 0 Å². The summed E-state index contributed by atoms with van der Waals surface area (Å²) < 4.78 is 4.43. The Kier molecular flexibility index (Phi) is 6.22. The molecule has 0 aliphatic carbocycles. The first kappa shape index (κ1) is 19.6. The SMILES string of the molecule is C[C@@H](CNC(=O)c1cc(-c2ccccc2)ns1)N1CCN(c2ccccc2)CC1.